The molecule has 4 nitrogen and oxygen atoms in total. The van der Waals surface area contributed by atoms with Crippen LogP contribution in [-0.2, 0) is 16.1 Å². The first kappa shape index (κ1) is 19.4. The van der Waals surface area contributed by atoms with E-state index in [2.05, 4.69) is 22.6 Å². The van der Waals surface area contributed by atoms with Crippen LogP contribution < -0.4 is 4.74 Å². The third-order valence-electron chi connectivity index (χ3n) is 4.39. The third-order valence-corrected chi connectivity index (χ3v) is 5.66. The van der Waals surface area contributed by atoms with E-state index in [1.807, 2.05) is 24.3 Å². The van der Waals surface area contributed by atoms with Crippen molar-refractivity contribution >= 4 is 40.1 Å². The molecule has 1 amide bonds. The molecule has 138 valence electrons. The first-order valence-corrected chi connectivity index (χ1v) is 9.99. The highest BCUT2D eigenvalue weighted by atomic mass is 127. The van der Waals surface area contributed by atoms with Gasteiger partial charge in [0.15, 0.2) is 0 Å². The average molecular weight is 490 g/mol. The van der Waals surface area contributed by atoms with Gasteiger partial charge >= 0.3 is 0 Å². The van der Waals surface area contributed by atoms with Crippen molar-refractivity contribution in [2.24, 2.45) is 0 Å². The van der Waals surface area contributed by atoms with Crippen molar-refractivity contribution in [2.75, 3.05) is 18.1 Å². The van der Waals surface area contributed by atoms with Crippen LogP contribution in [0.5, 0.6) is 5.75 Å². The molecule has 0 aromatic heterocycles. The molecule has 2 unspecified atom stereocenters. The van der Waals surface area contributed by atoms with E-state index in [1.54, 1.807) is 24.1 Å². The molecule has 26 heavy (non-hydrogen) atoms. The van der Waals surface area contributed by atoms with Crippen molar-refractivity contribution in [2.45, 2.75) is 18.7 Å². The summed E-state index contributed by atoms with van der Waals surface area (Å²) in [6.45, 7) is 0.393. The molecule has 0 radical (unpaired) electrons. The Morgan fingerprint density at radius 2 is 2.04 bits per heavy atom. The minimum atomic E-state index is -0.501. The summed E-state index contributed by atoms with van der Waals surface area (Å²) in [4.78, 5) is 14.3. The number of carbonyl (C=O) groups excluding carboxylic acids is 1. The Balaban J connectivity index is 1.97. The molecular formula is C19H18ClFINO3. The Kier molecular flexibility index (Phi) is 6.37. The van der Waals surface area contributed by atoms with E-state index >= 15 is 0 Å². The molecule has 1 saturated heterocycles. The first-order chi connectivity index (χ1) is 12.5. The number of amides is 1. The van der Waals surface area contributed by atoms with Crippen LogP contribution in [0.2, 0.25) is 5.02 Å². The van der Waals surface area contributed by atoms with Gasteiger partial charge < -0.3 is 14.4 Å². The first-order valence-electron chi connectivity index (χ1n) is 8.09. The summed E-state index contributed by atoms with van der Waals surface area (Å²) in [5.41, 5.74) is 1.51. The Labute approximate surface area is 170 Å². The number of hydrogen-bond donors (Lipinski definition) is 0. The zero-order valence-corrected chi connectivity index (χ0v) is 17.0. The van der Waals surface area contributed by atoms with Gasteiger partial charge in [0, 0.05) is 11.0 Å². The normalized spacial score (nSPS) is 20.3. The minimum absolute atomic E-state index is 0.00720. The average Bonchev–Trinajstić information content (AvgIpc) is 2.66. The highest BCUT2D eigenvalue weighted by Gasteiger charge is 2.38. The molecule has 2 atom stereocenters. The van der Waals surface area contributed by atoms with E-state index in [-0.39, 0.29) is 23.6 Å². The zero-order valence-electron chi connectivity index (χ0n) is 14.1. The van der Waals surface area contributed by atoms with Crippen LogP contribution in [0.3, 0.4) is 0 Å². The fourth-order valence-electron chi connectivity index (χ4n) is 3.07. The number of morpholine rings is 1. The molecule has 0 saturated carbocycles. The van der Waals surface area contributed by atoms with Crippen molar-refractivity contribution < 1.29 is 18.7 Å². The van der Waals surface area contributed by atoms with Crippen LogP contribution in [0.25, 0.3) is 0 Å². The molecule has 0 aliphatic carbocycles. The van der Waals surface area contributed by atoms with Crippen molar-refractivity contribution in [1.82, 2.24) is 4.90 Å². The number of alkyl halides is 1. The summed E-state index contributed by atoms with van der Waals surface area (Å²) >= 11 is 8.43. The molecule has 1 aliphatic heterocycles. The largest absolute Gasteiger partial charge is 0.497 e. The quantitative estimate of drug-likeness (QED) is 0.462. The molecular weight excluding hydrogens is 472 g/mol. The van der Waals surface area contributed by atoms with Crippen LogP contribution in [-0.4, -0.2) is 35.1 Å². The Hall–Kier alpha value is -1.38. The van der Waals surface area contributed by atoms with Crippen LogP contribution >= 0.6 is 34.2 Å². The second-order valence-electron chi connectivity index (χ2n) is 5.96. The number of carbonyl (C=O) groups is 1. The van der Waals surface area contributed by atoms with Gasteiger partial charge in [0.1, 0.15) is 18.2 Å². The summed E-state index contributed by atoms with van der Waals surface area (Å²) in [6, 6.07) is 11.7. The lowest BCUT2D eigenvalue weighted by Gasteiger charge is -2.41. The minimum Gasteiger partial charge on any atom is -0.497 e. The van der Waals surface area contributed by atoms with Gasteiger partial charge in [-0.15, -0.1) is 0 Å². The summed E-state index contributed by atoms with van der Waals surface area (Å²) in [5, 5.41) is 0.0328. The van der Waals surface area contributed by atoms with Gasteiger partial charge in [-0.25, -0.2) is 4.39 Å². The SMILES string of the molecule is COc1ccc(CN2C(=O)COC(CI)C2c2cccc(F)c2Cl)cc1. The fraction of sp³-hybridized carbons (Fsp3) is 0.316. The van der Waals surface area contributed by atoms with Gasteiger partial charge in [-0.05, 0) is 29.3 Å². The second kappa shape index (κ2) is 8.54. The summed E-state index contributed by atoms with van der Waals surface area (Å²) in [7, 11) is 1.60. The molecule has 2 aromatic rings. The summed E-state index contributed by atoms with van der Waals surface area (Å²) in [6.07, 6.45) is -0.258. The maximum atomic E-state index is 14.0. The summed E-state index contributed by atoms with van der Waals surface area (Å²) < 4.78 is 25.5. The number of ether oxygens (including phenoxy) is 2. The van der Waals surface area contributed by atoms with Crippen LogP contribution in [0, 0.1) is 5.82 Å². The van der Waals surface area contributed by atoms with E-state index in [1.165, 1.54) is 6.07 Å². The highest BCUT2D eigenvalue weighted by Crippen LogP contribution is 2.37. The lowest BCUT2D eigenvalue weighted by atomic mass is 9.97. The van der Waals surface area contributed by atoms with E-state index in [9.17, 15) is 9.18 Å². The van der Waals surface area contributed by atoms with Gasteiger partial charge in [-0.2, -0.15) is 0 Å². The van der Waals surface area contributed by atoms with Crippen LogP contribution in [0.1, 0.15) is 17.2 Å². The zero-order chi connectivity index (χ0) is 18.7. The smallest absolute Gasteiger partial charge is 0.249 e. The molecule has 2 aromatic carbocycles. The van der Waals surface area contributed by atoms with Crippen LogP contribution in [0.15, 0.2) is 42.5 Å². The third kappa shape index (κ3) is 3.97. The molecule has 3 rings (SSSR count). The van der Waals surface area contributed by atoms with E-state index in [4.69, 9.17) is 21.1 Å². The molecule has 1 heterocycles. The predicted octanol–water partition coefficient (Wildman–Crippen LogP) is 4.39. The van der Waals surface area contributed by atoms with Gasteiger partial charge in [0.25, 0.3) is 0 Å². The van der Waals surface area contributed by atoms with Gasteiger partial charge in [-0.3, -0.25) is 4.79 Å². The van der Waals surface area contributed by atoms with Crippen molar-refractivity contribution in [1.29, 1.82) is 0 Å². The Bertz CT molecular complexity index is 787. The maximum Gasteiger partial charge on any atom is 0.249 e. The number of benzene rings is 2. The Morgan fingerprint density at radius 3 is 2.69 bits per heavy atom. The molecule has 0 bridgehead atoms. The molecule has 1 fully saturated rings. The van der Waals surface area contributed by atoms with Gasteiger partial charge in [-0.1, -0.05) is 58.5 Å². The number of hydrogen-bond acceptors (Lipinski definition) is 3. The lowest BCUT2D eigenvalue weighted by Crippen LogP contribution is -2.49. The van der Waals surface area contributed by atoms with Gasteiger partial charge in [0.2, 0.25) is 5.91 Å². The van der Waals surface area contributed by atoms with E-state index < -0.39 is 11.9 Å². The number of rotatable bonds is 5. The number of methoxy groups -OCH3 is 1. The second-order valence-corrected chi connectivity index (χ2v) is 7.22. The van der Waals surface area contributed by atoms with E-state index in [0.717, 1.165) is 11.3 Å². The van der Waals surface area contributed by atoms with E-state index in [0.29, 0.717) is 16.5 Å². The molecule has 1 aliphatic rings. The predicted molar refractivity (Wildman–Crippen MR) is 106 cm³/mol. The molecule has 0 N–H and O–H groups in total. The standard InChI is InChI=1S/C19H18ClFINO3/c1-25-13-7-5-12(6-8-13)10-23-17(24)11-26-16(9-22)19(23)14-3-2-4-15(21)18(14)20/h2-8,16,19H,9-11H2,1H3. The molecule has 7 heteroatoms. The van der Waals surface area contributed by atoms with Crippen LogP contribution in [0.4, 0.5) is 4.39 Å². The topological polar surface area (TPSA) is 38.8 Å². The Morgan fingerprint density at radius 1 is 1.31 bits per heavy atom. The monoisotopic (exact) mass is 489 g/mol. The van der Waals surface area contributed by atoms with Gasteiger partial charge in [0.05, 0.1) is 24.3 Å². The highest BCUT2D eigenvalue weighted by molar-refractivity contribution is 14.1. The maximum absolute atomic E-state index is 14.0. The number of nitrogens with zero attached hydrogens (tertiary/aromatic N) is 1. The van der Waals surface area contributed by atoms with Crippen molar-refractivity contribution in [3.63, 3.8) is 0 Å². The number of halogens is 3. The van der Waals surface area contributed by atoms with Crippen molar-refractivity contribution in [3.8, 4) is 5.75 Å². The summed E-state index contributed by atoms with van der Waals surface area (Å²) in [5.74, 6) is 0.1000. The van der Waals surface area contributed by atoms with Crippen molar-refractivity contribution in [3.05, 3.63) is 64.4 Å². The fourth-order valence-corrected chi connectivity index (χ4v) is 4.04. The lowest BCUT2D eigenvalue weighted by molar-refractivity contribution is -0.156. The molecule has 0 spiro atoms.